The Labute approximate surface area is 118 Å². The molecule has 1 heterocycles. The van der Waals surface area contributed by atoms with Crippen LogP contribution in [0, 0.1) is 0 Å². The van der Waals surface area contributed by atoms with Crippen LogP contribution in [0.5, 0.6) is 6.01 Å². The topological polar surface area (TPSA) is 106 Å². The van der Waals surface area contributed by atoms with E-state index in [9.17, 15) is 4.79 Å². The summed E-state index contributed by atoms with van der Waals surface area (Å²) in [5.74, 6) is 0.307. The molecule has 8 heteroatoms. The molecule has 1 rings (SSSR count). The average molecular weight is 282 g/mol. The van der Waals surface area contributed by atoms with E-state index in [0.29, 0.717) is 19.0 Å². The monoisotopic (exact) mass is 282 g/mol. The maximum Gasteiger partial charge on any atom is 0.323 e. The van der Waals surface area contributed by atoms with Gasteiger partial charge in [-0.1, -0.05) is 0 Å². The van der Waals surface area contributed by atoms with Crippen LogP contribution in [-0.2, 0) is 4.79 Å². The van der Waals surface area contributed by atoms with E-state index in [2.05, 4.69) is 20.3 Å². The van der Waals surface area contributed by atoms with Gasteiger partial charge in [-0.05, 0) is 27.7 Å². The fourth-order valence-electron chi connectivity index (χ4n) is 1.52. The molecule has 1 amide bonds. The van der Waals surface area contributed by atoms with Crippen LogP contribution in [0.4, 0.5) is 11.9 Å². The summed E-state index contributed by atoms with van der Waals surface area (Å²) in [5, 5.41) is 2.73. The molecular formula is C12H22N6O2. The number of nitrogens with one attached hydrogen (secondary N) is 1. The summed E-state index contributed by atoms with van der Waals surface area (Å²) in [4.78, 5) is 25.5. The van der Waals surface area contributed by atoms with Crippen LogP contribution < -0.4 is 20.7 Å². The number of amides is 1. The molecule has 0 unspecified atom stereocenters. The van der Waals surface area contributed by atoms with Gasteiger partial charge >= 0.3 is 6.01 Å². The van der Waals surface area contributed by atoms with Gasteiger partial charge in [-0.25, -0.2) is 0 Å². The summed E-state index contributed by atoms with van der Waals surface area (Å²) in [6, 6.07) is 0.164. The molecule has 20 heavy (non-hydrogen) atoms. The number of hydrogen-bond acceptors (Lipinski definition) is 7. The van der Waals surface area contributed by atoms with Crippen molar-refractivity contribution in [3.8, 4) is 6.01 Å². The van der Waals surface area contributed by atoms with Gasteiger partial charge in [0.2, 0.25) is 17.8 Å². The summed E-state index contributed by atoms with van der Waals surface area (Å²) in [6.07, 6.45) is -0.0666. The zero-order chi connectivity index (χ0) is 15.1. The van der Waals surface area contributed by atoms with Crippen molar-refractivity contribution in [2.75, 3.05) is 30.3 Å². The predicted octanol–water partition coefficient (Wildman–Crippen LogP) is 0.203. The lowest BCUT2D eigenvalue weighted by Crippen LogP contribution is -2.38. The average Bonchev–Trinajstić information content (AvgIpc) is 2.34. The number of nitrogens with two attached hydrogens (primary N) is 1. The number of likely N-dealkylation sites (N-methyl/N-ethyl adjacent to an activating group) is 2. The zero-order valence-electron chi connectivity index (χ0n) is 12.4. The number of ether oxygens (including phenoxy) is 1. The highest BCUT2D eigenvalue weighted by atomic mass is 16.5. The number of carbonyl (C=O) groups is 1. The Morgan fingerprint density at radius 2 is 2.05 bits per heavy atom. The maximum absolute atomic E-state index is 11.6. The van der Waals surface area contributed by atoms with E-state index in [-0.39, 0.29) is 30.5 Å². The van der Waals surface area contributed by atoms with E-state index in [1.165, 1.54) is 0 Å². The number of anilines is 2. The number of aromatic nitrogens is 3. The van der Waals surface area contributed by atoms with Crippen LogP contribution in [0.1, 0.15) is 27.7 Å². The maximum atomic E-state index is 11.6. The number of carbonyl (C=O) groups excluding carboxylic acids is 1. The van der Waals surface area contributed by atoms with Gasteiger partial charge in [-0.2, -0.15) is 15.0 Å². The van der Waals surface area contributed by atoms with E-state index >= 15 is 0 Å². The molecule has 112 valence electrons. The van der Waals surface area contributed by atoms with Crippen LogP contribution in [0.3, 0.4) is 0 Å². The Balaban J connectivity index is 2.91. The molecule has 0 spiro atoms. The van der Waals surface area contributed by atoms with Crippen molar-refractivity contribution in [2.24, 2.45) is 0 Å². The van der Waals surface area contributed by atoms with E-state index < -0.39 is 0 Å². The molecule has 0 bridgehead atoms. The summed E-state index contributed by atoms with van der Waals surface area (Å²) in [5.41, 5.74) is 5.65. The molecule has 0 aromatic carbocycles. The van der Waals surface area contributed by atoms with Crippen LogP contribution >= 0.6 is 0 Å². The second-order valence-electron chi connectivity index (χ2n) is 4.41. The summed E-state index contributed by atoms with van der Waals surface area (Å²) in [6.45, 7) is 8.82. The second-order valence-corrected chi connectivity index (χ2v) is 4.41. The highest BCUT2D eigenvalue weighted by molar-refractivity contribution is 5.80. The smallest absolute Gasteiger partial charge is 0.323 e. The molecule has 0 radical (unpaired) electrons. The Kier molecular flexibility index (Phi) is 5.95. The molecule has 1 aromatic rings. The van der Waals surface area contributed by atoms with E-state index in [1.807, 2.05) is 27.7 Å². The Morgan fingerprint density at radius 1 is 1.35 bits per heavy atom. The van der Waals surface area contributed by atoms with Crippen molar-refractivity contribution < 1.29 is 9.53 Å². The van der Waals surface area contributed by atoms with Crippen LogP contribution in [0.15, 0.2) is 0 Å². The number of rotatable bonds is 7. The Bertz CT molecular complexity index is 452. The highest BCUT2D eigenvalue weighted by Gasteiger charge is 2.15. The summed E-state index contributed by atoms with van der Waals surface area (Å²) >= 11 is 0. The van der Waals surface area contributed by atoms with Crippen molar-refractivity contribution >= 4 is 17.8 Å². The van der Waals surface area contributed by atoms with Crippen molar-refractivity contribution in [2.45, 2.75) is 33.8 Å². The Morgan fingerprint density at radius 3 is 2.60 bits per heavy atom. The number of hydrogen-bond donors (Lipinski definition) is 2. The second kappa shape index (κ2) is 7.46. The number of nitrogens with zero attached hydrogens (tertiary/aromatic N) is 4. The minimum Gasteiger partial charge on any atom is -0.461 e. The lowest BCUT2D eigenvalue weighted by molar-refractivity contribution is -0.119. The lowest BCUT2D eigenvalue weighted by atomic mass is 10.4. The van der Waals surface area contributed by atoms with E-state index in [0.717, 1.165) is 0 Å². The predicted molar refractivity (Wildman–Crippen MR) is 76.6 cm³/mol. The highest BCUT2D eigenvalue weighted by Crippen LogP contribution is 2.14. The molecule has 3 N–H and O–H groups in total. The normalized spacial score (nSPS) is 10.4. The van der Waals surface area contributed by atoms with Gasteiger partial charge in [0.05, 0.1) is 12.6 Å². The van der Waals surface area contributed by atoms with E-state index in [4.69, 9.17) is 10.5 Å². The van der Waals surface area contributed by atoms with Crippen molar-refractivity contribution in [1.29, 1.82) is 0 Å². The van der Waals surface area contributed by atoms with Gasteiger partial charge in [-0.15, -0.1) is 0 Å². The van der Waals surface area contributed by atoms with Crippen LogP contribution in [0.25, 0.3) is 0 Å². The summed E-state index contributed by atoms with van der Waals surface area (Å²) in [7, 11) is 0. The third-order valence-corrected chi connectivity index (χ3v) is 2.33. The fraction of sp³-hybridized carbons (Fsp3) is 0.667. The lowest BCUT2D eigenvalue weighted by Gasteiger charge is -2.20. The van der Waals surface area contributed by atoms with Gasteiger partial charge < -0.3 is 20.7 Å². The molecule has 0 aliphatic carbocycles. The third kappa shape index (κ3) is 4.87. The van der Waals surface area contributed by atoms with Gasteiger partial charge in [0.1, 0.15) is 0 Å². The SMILES string of the molecule is CCNC(=O)CN(CC)c1nc(N)nc(OC(C)C)n1. The first-order chi connectivity index (χ1) is 9.46. The molecule has 0 atom stereocenters. The van der Waals surface area contributed by atoms with E-state index in [1.54, 1.807) is 4.90 Å². The molecule has 0 fully saturated rings. The standard InChI is InChI=1S/C12H22N6O2/c1-5-14-9(19)7-18(6-2)11-15-10(13)16-12(17-11)20-8(3)4/h8H,5-7H2,1-4H3,(H,14,19)(H2,13,15,16,17). The molecule has 0 aliphatic heterocycles. The van der Waals surface area contributed by atoms with Crippen LogP contribution in [-0.4, -0.2) is 46.6 Å². The third-order valence-electron chi connectivity index (χ3n) is 2.33. The van der Waals surface area contributed by atoms with Crippen molar-refractivity contribution in [3.63, 3.8) is 0 Å². The molecule has 0 aliphatic rings. The fourth-order valence-corrected chi connectivity index (χ4v) is 1.52. The molecule has 8 nitrogen and oxygen atoms in total. The minimum atomic E-state index is -0.0975. The van der Waals surface area contributed by atoms with Crippen LogP contribution in [0.2, 0.25) is 0 Å². The quantitative estimate of drug-likeness (QED) is 0.736. The molecule has 0 saturated heterocycles. The molecule has 1 aromatic heterocycles. The first-order valence-electron chi connectivity index (χ1n) is 6.66. The minimum absolute atomic E-state index is 0.0666. The largest absolute Gasteiger partial charge is 0.461 e. The number of nitrogen functional groups attached to an aromatic ring is 1. The summed E-state index contributed by atoms with van der Waals surface area (Å²) < 4.78 is 5.41. The molecular weight excluding hydrogens is 260 g/mol. The Hall–Kier alpha value is -2.12. The van der Waals surface area contributed by atoms with Gasteiger partial charge in [0.25, 0.3) is 0 Å². The first-order valence-corrected chi connectivity index (χ1v) is 6.66. The van der Waals surface area contributed by atoms with Gasteiger partial charge in [0.15, 0.2) is 0 Å². The van der Waals surface area contributed by atoms with Gasteiger partial charge in [-0.3, -0.25) is 4.79 Å². The van der Waals surface area contributed by atoms with Gasteiger partial charge in [0, 0.05) is 13.1 Å². The van der Waals surface area contributed by atoms with Crippen molar-refractivity contribution in [3.05, 3.63) is 0 Å². The molecule has 0 saturated carbocycles. The zero-order valence-corrected chi connectivity index (χ0v) is 12.4. The first kappa shape index (κ1) is 15.9. The van der Waals surface area contributed by atoms with Crippen molar-refractivity contribution in [1.82, 2.24) is 20.3 Å².